The van der Waals surface area contributed by atoms with Crippen LogP contribution in [0.3, 0.4) is 0 Å². The van der Waals surface area contributed by atoms with E-state index >= 15 is 0 Å². The SMILES string of the molecule is CS(=O)(=O)Nc1ccccc1OC(F)(F)F. The van der Waals surface area contributed by atoms with E-state index in [4.69, 9.17) is 0 Å². The van der Waals surface area contributed by atoms with Crippen LogP contribution in [0.15, 0.2) is 24.3 Å². The Bertz CT molecular complexity index is 470. The Morgan fingerprint density at radius 3 is 2.31 bits per heavy atom. The number of nitrogens with one attached hydrogen (secondary N) is 1. The molecule has 1 aromatic rings. The lowest BCUT2D eigenvalue weighted by molar-refractivity contribution is -0.274. The fourth-order valence-corrected chi connectivity index (χ4v) is 1.53. The molecule has 0 aliphatic carbocycles. The van der Waals surface area contributed by atoms with Crippen LogP contribution in [0.25, 0.3) is 0 Å². The first-order chi connectivity index (χ1) is 7.17. The fourth-order valence-electron chi connectivity index (χ4n) is 0.964. The van der Waals surface area contributed by atoms with Crippen molar-refractivity contribution in [1.82, 2.24) is 0 Å². The van der Waals surface area contributed by atoms with E-state index in [0.717, 1.165) is 12.3 Å². The Hall–Kier alpha value is -1.44. The summed E-state index contributed by atoms with van der Waals surface area (Å²) < 4.78 is 63.2. The summed E-state index contributed by atoms with van der Waals surface area (Å²) in [5.74, 6) is -0.597. The lowest BCUT2D eigenvalue weighted by Crippen LogP contribution is -2.19. The van der Waals surface area contributed by atoms with Crippen molar-refractivity contribution in [2.45, 2.75) is 6.36 Å². The average molecular weight is 255 g/mol. The summed E-state index contributed by atoms with van der Waals surface area (Å²) in [7, 11) is -3.65. The van der Waals surface area contributed by atoms with Gasteiger partial charge in [0.25, 0.3) is 0 Å². The molecule has 16 heavy (non-hydrogen) atoms. The number of halogens is 3. The van der Waals surface area contributed by atoms with Gasteiger partial charge in [-0.25, -0.2) is 8.42 Å². The molecule has 0 atom stereocenters. The van der Waals surface area contributed by atoms with Crippen molar-refractivity contribution in [2.24, 2.45) is 0 Å². The van der Waals surface area contributed by atoms with Crippen LogP contribution in [0.5, 0.6) is 5.75 Å². The third-order valence-corrected chi connectivity index (χ3v) is 2.00. The summed E-state index contributed by atoms with van der Waals surface area (Å²) in [6.07, 6.45) is -4.04. The summed E-state index contributed by atoms with van der Waals surface area (Å²) in [4.78, 5) is 0. The average Bonchev–Trinajstić information content (AvgIpc) is 2.03. The minimum absolute atomic E-state index is 0.262. The standard InChI is InChI=1S/C8H8F3NO3S/c1-16(13,14)12-6-4-2-3-5-7(6)15-8(9,10)11/h2-5,12H,1H3. The van der Waals surface area contributed by atoms with E-state index in [9.17, 15) is 21.6 Å². The number of hydrogen-bond acceptors (Lipinski definition) is 3. The van der Waals surface area contributed by atoms with Gasteiger partial charge in [-0.15, -0.1) is 13.2 Å². The number of hydrogen-bond donors (Lipinski definition) is 1. The molecule has 1 rings (SSSR count). The van der Waals surface area contributed by atoms with Crippen molar-refractivity contribution in [3.8, 4) is 5.75 Å². The van der Waals surface area contributed by atoms with Gasteiger partial charge >= 0.3 is 6.36 Å². The molecule has 0 aliphatic rings. The Labute approximate surface area is 90.1 Å². The summed E-state index contributed by atoms with van der Waals surface area (Å²) in [5.41, 5.74) is -0.262. The quantitative estimate of drug-likeness (QED) is 0.898. The number of para-hydroxylation sites is 2. The van der Waals surface area contributed by atoms with Gasteiger partial charge < -0.3 is 4.74 Å². The van der Waals surface area contributed by atoms with Crippen molar-refractivity contribution in [2.75, 3.05) is 11.0 Å². The number of anilines is 1. The molecule has 0 fully saturated rings. The molecule has 0 radical (unpaired) electrons. The van der Waals surface area contributed by atoms with E-state index < -0.39 is 22.1 Å². The molecule has 90 valence electrons. The Balaban J connectivity index is 3.01. The predicted octanol–water partition coefficient (Wildman–Crippen LogP) is 1.96. The zero-order chi connectivity index (χ0) is 12.4. The topological polar surface area (TPSA) is 55.4 Å². The van der Waals surface area contributed by atoms with Gasteiger partial charge in [0, 0.05) is 0 Å². The third kappa shape index (κ3) is 4.39. The molecular weight excluding hydrogens is 247 g/mol. The van der Waals surface area contributed by atoms with Crippen LogP contribution in [0.1, 0.15) is 0 Å². The van der Waals surface area contributed by atoms with Gasteiger partial charge in [-0.1, -0.05) is 12.1 Å². The molecule has 0 bridgehead atoms. The first-order valence-electron chi connectivity index (χ1n) is 4.00. The minimum atomic E-state index is -4.87. The van der Waals surface area contributed by atoms with E-state index in [0.29, 0.717) is 0 Å². The molecule has 0 aliphatic heterocycles. The van der Waals surface area contributed by atoms with Crippen molar-refractivity contribution >= 4 is 15.7 Å². The molecule has 4 nitrogen and oxygen atoms in total. The van der Waals surface area contributed by atoms with Crippen molar-refractivity contribution in [3.63, 3.8) is 0 Å². The molecular formula is C8H8F3NO3S. The second kappa shape index (κ2) is 4.20. The van der Waals surface area contributed by atoms with E-state index in [-0.39, 0.29) is 5.69 Å². The van der Waals surface area contributed by atoms with E-state index in [2.05, 4.69) is 4.74 Å². The Kier molecular flexibility index (Phi) is 3.32. The maximum atomic E-state index is 12.0. The summed E-state index contributed by atoms with van der Waals surface area (Å²) in [6.45, 7) is 0. The maximum Gasteiger partial charge on any atom is 0.573 e. The van der Waals surface area contributed by atoms with Gasteiger partial charge in [-0.05, 0) is 12.1 Å². The maximum absolute atomic E-state index is 12.0. The molecule has 0 amide bonds. The highest BCUT2D eigenvalue weighted by atomic mass is 32.2. The molecule has 8 heteroatoms. The molecule has 1 N–H and O–H groups in total. The van der Waals surface area contributed by atoms with Crippen molar-refractivity contribution in [3.05, 3.63) is 24.3 Å². The number of alkyl halides is 3. The zero-order valence-corrected chi connectivity index (χ0v) is 8.89. The summed E-state index contributed by atoms with van der Waals surface area (Å²) in [6, 6.07) is 4.87. The van der Waals surface area contributed by atoms with E-state index in [1.807, 2.05) is 4.72 Å². The molecule has 1 aromatic carbocycles. The summed E-state index contributed by atoms with van der Waals surface area (Å²) >= 11 is 0. The van der Waals surface area contributed by atoms with Crippen LogP contribution < -0.4 is 9.46 Å². The van der Waals surface area contributed by atoms with Gasteiger partial charge in [0.1, 0.15) is 0 Å². The Morgan fingerprint density at radius 1 is 1.25 bits per heavy atom. The Morgan fingerprint density at radius 2 is 1.81 bits per heavy atom. The zero-order valence-electron chi connectivity index (χ0n) is 8.08. The molecule has 0 spiro atoms. The van der Waals surface area contributed by atoms with Crippen LogP contribution in [-0.4, -0.2) is 21.0 Å². The first-order valence-corrected chi connectivity index (χ1v) is 5.89. The molecule has 0 saturated heterocycles. The lowest BCUT2D eigenvalue weighted by atomic mass is 10.3. The van der Waals surface area contributed by atoms with Gasteiger partial charge in [-0.2, -0.15) is 0 Å². The highest BCUT2D eigenvalue weighted by molar-refractivity contribution is 7.92. The normalized spacial score (nSPS) is 12.2. The number of sulfonamides is 1. The smallest absolute Gasteiger partial charge is 0.404 e. The number of rotatable bonds is 3. The highest BCUT2D eigenvalue weighted by Crippen LogP contribution is 2.30. The van der Waals surface area contributed by atoms with E-state index in [1.165, 1.54) is 18.2 Å². The predicted molar refractivity (Wildman–Crippen MR) is 51.6 cm³/mol. The lowest BCUT2D eigenvalue weighted by Gasteiger charge is -2.13. The number of benzene rings is 1. The largest absolute Gasteiger partial charge is 0.573 e. The second-order valence-corrected chi connectivity index (χ2v) is 4.67. The summed E-state index contributed by atoms with van der Waals surface area (Å²) in [5, 5.41) is 0. The van der Waals surface area contributed by atoms with Crippen molar-refractivity contribution in [1.29, 1.82) is 0 Å². The van der Waals surface area contributed by atoms with Crippen LogP contribution in [0, 0.1) is 0 Å². The van der Waals surface area contributed by atoms with Gasteiger partial charge in [0.15, 0.2) is 5.75 Å². The number of ether oxygens (including phenoxy) is 1. The van der Waals surface area contributed by atoms with Crippen LogP contribution in [0.2, 0.25) is 0 Å². The van der Waals surface area contributed by atoms with E-state index in [1.54, 1.807) is 0 Å². The molecule has 0 unspecified atom stereocenters. The van der Waals surface area contributed by atoms with Gasteiger partial charge in [0.05, 0.1) is 11.9 Å². The van der Waals surface area contributed by atoms with Gasteiger partial charge in [-0.3, -0.25) is 4.72 Å². The fraction of sp³-hybridized carbons (Fsp3) is 0.250. The second-order valence-electron chi connectivity index (χ2n) is 2.92. The van der Waals surface area contributed by atoms with Crippen LogP contribution in [0.4, 0.5) is 18.9 Å². The van der Waals surface area contributed by atoms with Gasteiger partial charge in [0.2, 0.25) is 10.0 Å². The highest BCUT2D eigenvalue weighted by Gasteiger charge is 2.32. The third-order valence-electron chi connectivity index (χ3n) is 1.41. The first kappa shape index (κ1) is 12.6. The van der Waals surface area contributed by atoms with Crippen LogP contribution >= 0.6 is 0 Å². The van der Waals surface area contributed by atoms with Crippen molar-refractivity contribution < 1.29 is 26.3 Å². The molecule has 0 aromatic heterocycles. The molecule has 0 saturated carbocycles. The minimum Gasteiger partial charge on any atom is -0.404 e. The molecule has 0 heterocycles. The monoisotopic (exact) mass is 255 g/mol. The van der Waals surface area contributed by atoms with Crippen LogP contribution in [-0.2, 0) is 10.0 Å².